The van der Waals surface area contributed by atoms with Crippen molar-refractivity contribution in [1.29, 1.82) is 0 Å². The minimum absolute atomic E-state index is 0.0427. The van der Waals surface area contributed by atoms with Gasteiger partial charge in [-0.1, -0.05) is 51.4 Å². The van der Waals surface area contributed by atoms with Gasteiger partial charge in [0.2, 0.25) is 5.91 Å². The Balaban J connectivity index is 1.85. The van der Waals surface area contributed by atoms with Crippen molar-refractivity contribution in [2.24, 2.45) is 5.92 Å². The molecule has 2 aromatic rings. The van der Waals surface area contributed by atoms with Crippen LogP contribution >= 0.6 is 11.6 Å². The van der Waals surface area contributed by atoms with Crippen LogP contribution in [-0.2, 0) is 16.8 Å². The Morgan fingerprint density at radius 1 is 1.12 bits per heavy atom. The van der Waals surface area contributed by atoms with E-state index in [1.165, 1.54) is 0 Å². The SMILES string of the molecule is CC(C)C(=O)NCc1ccc(Cl)c(C(=O)Nc2ccc3c(c2)C(=O)N(C(C)(C)C)CC3(C)C)c1. The summed E-state index contributed by atoms with van der Waals surface area (Å²) in [4.78, 5) is 40.1. The monoisotopic (exact) mass is 483 g/mol. The molecule has 3 rings (SSSR count). The molecule has 0 atom stereocenters. The maximum Gasteiger partial charge on any atom is 0.257 e. The van der Waals surface area contributed by atoms with Crippen molar-refractivity contribution in [1.82, 2.24) is 10.2 Å². The van der Waals surface area contributed by atoms with E-state index < -0.39 is 0 Å². The average molecular weight is 484 g/mol. The second-order valence-corrected chi connectivity index (χ2v) is 11.3. The molecule has 0 saturated heterocycles. The van der Waals surface area contributed by atoms with Crippen LogP contribution in [-0.4, -0.2) is 34.7 Å². The quantitative estimate of drug-likeness (QED) is 0.597. The number of carbonyl (C=O) groups is 3. The number of nitrogens with one attached hydrogen (secondary N) is 2. The molecule has 0 fully saturated rings. The van der Waals surface area contributed by atoms with Gasteiger partial charge in [0.25, 0.3) is 11.8 Å². The summed E-state index contributed by atoms with van der Waals surface area (Å²) in [5.41, 5.74) is 2.64. The van der Waals surface area contributed by atoms with Crippen LogP contribution < -0.4 is 10.6 Å². The lowest BCUT2D eigenvalue weighted by molar-refractivity contribution is -0.124. The van der Waals surface area contributed by atoms with Crippen molar-refractivity contribution >= 4 is 35.0 Å². The molecule has 34 heavy (non-hydrogen) atoms. The van der Waals surface area contributed by atoms with E-state index in [-0.39, 0.29) is 34.6 Å². The molecule has 0 aliphatic carbocycles. The van der Waals surface area contributed by atoms with Crippen LogP contribution in [0.25, 0.3) is 0 Å². The van der Waals surface area contributed by atoms with Crippen molar-refractivity contribution in [3.05, 3.63) is 63.7 Å². The zero-order valence-electron chi connectivity index (χ0n) is 21.0. The first-order valence-corrected chi connectivity index (χ1v) is 11.9. The Bertz CT molecular complexity index is 1130. The molecule has 0 saturated carbocycles. The standard InChI is InChI=1S/C27H34ClN3O3/c1-16(2)23(32)29-14-17-8-11-22(28)20(12-17)24(33)30-18-9-10-21-19(13-18)25(34)31(26(3,4)5)15-27(21,6)7/h8-13,16H,14-15H2,1-7H3,(H,29,32)(H,30,33). The lowest BCUT2D eigenvalue weighted by atomic mass is 9.76. The third kappa shape index (κ3) is 5.44. The van der Waals surface area contributed by atoms with Crippen LogP contribution in [0.4, 0.5) is 5.69 Å². The zero-order valence-corrected chi connectivity index (χ0v) is 21.8. The number of halogens is 1. The molecule has 6 nitrogen and oxygen atoms in total. The molecule has 0 aromatic heterocycles. The van der Waals surface area contributed by atoms with Gasteiger partial charge in [0.05, 0.1) is 10.6 Å². The smallest absolute Gasteiger partial charge is 0.257 e. The van der Waals surface area contributed by atoms with Crippen LogP contribution in [0, 0.1) is 5.92 Å². The number of amides is 3. The van der Waals surface area contributed by atoms with E-state index in [0.29, 0.717) is 34.9 Å². The van der Waals surface area contributed by atoms with E-state index in [4.69, 9.17) is 11.6 Å². The summed E-state index contributed by atoms with van der Waals surface area (Å²) in [5, 5.41) is 6.03. The fourth-order valence-electron chi connectivity index (χ4n) is 4.08. The maximum absolute atomic E-state index is 13.3. The van der Waals surface area contributed by atoms with Gasteiger partial charge in [-0.05, 0) is 56.2 Å². The molecule has 1 aliphatic heterocycles. The Kier molecular flexibility index (Phi) is 7.13. The van der Waals surface area contributed by atoms with Gasteiger partial charge >= 0.3 is 0 Å². The number of benzene rings is 2. The third-order valence-corrected chi connectivity index (χ3v) is 6.44. The first kappa shape index (κ1) is 25.8. The highest BCUT2D eigenvalue weighted by Gasteiger charge is 2.40. The van der Waals surface area contributed by atoms with Gasteiger partial charge in [-0.3, -0.25) is 14.4 Å². The van der Waals surface area contributed by atoms with E-state index in [9.17, 15) is 14.4 Å². The predicted molar refractivity (Wildman–Crippen MR) is 136 cm³/mol. The van der Waals surface area contributed by atoms with Gasteiger partial charge in [-0.15, -0.1) is 0 Å². The minimum atomic E-state index is -0.378. The largest absolute Gasteiger partial charge is 0.352 e. The summed E-state index contributed by atoms with van der Waals surface area (Å²) < 4.78 is 0. The number of rotatable bonds is 5. The van der Waals surface area contributed by atoms with Crippen molar-refractivity contribution in [3.63, 3.8) is 0 Å². The van der Waals surface area contributed by atoms with Crippen molar-refractivity contribution < 1.29 is 14.4 Å². The first-order chi connectivity index (χ1) is 15.7. The summed E-state index contributed by atoms with van der Waals surface area (Å²) in [6.07, 6.45) is 0. The molecule has 1 aliphatic rings. The minimum Gasteiger partial charge on any atom is -0.352 e. The van der Waals surface area contributed by atoms with Gasteiger partial charge in [0.15, 0.2) is 0 Å². The Hall–Kier alpha value is -2.86. The summed E-state index contributed by atoms with van der Waals surface area (Å²) >= 11 is 6.31. The second kappa shape index (κ2) is 9.41. The maximum atomic E-state index is 13.3. The molecule has 3 amide bonds. The van der Waals surface area contributed by atoms with E-state index in [1.807, 2.05) is 51.7 Å². The summed E-state index contributed by atoms with van der Waals surface area (Å²) in [5.74, 6) is -0.607. The molecule has 1 heterocycles. The van der Waals surface area contributed by atoms with E-state index in [2.05, 4.69) is 24.5 Å². The van der Waals surface area contributed by atoms with Gasteiger partial charge in [-0.2, -0.15) is 0 Å². The van der Waals surface area contributed by atoms with Crippen molar-refractivity contribution in [2.75, 3.05) is 11.9 Å². The molecular weight excluding hydrogens is 450 g/mol. The average Bonchev–Trinajstić information content (AvgIpc) is 2.74. The lowest BCUT2D eigenvalue weighted by Gasteiger charge is -2.46. The molecule has 7 heteroatoms. The second-order valence-electron chi connectivity index (χ2n) is 10.8. The molecule has 0 spiro atoms. The van der Waals surface area contributed by atoms with E-state index in [1.54, 1.807) is 24.3 Å². The van der Waals surface area contributed by atoms with Gasteiger partial charge in [0.1, 0.15) is 0 Å². The zero-order chi connectivity index (χ0) is 25.4. The summed E-state index contributed by atoms with van der Waals surface area (Å²) in [7, 11) is 0. The number of hydrogen-bond donors (Lipinski definition) is 2. The van der Waals surface area contributed by atoms with Gasteiger partial charge in [-0.25, -0.2) is 0 Å². The Labute approximate surface area is 207 Å². The van der Waals surface area contributed by atoms with Crippen molar-refractivity contribution in [3.8, 4) is 0 Å². The number of carbonyl (C=O) groups excluding carboxylic acids is 3. The molecule has 2 N–H and O–H groups in total. The Morgan fingerprint density at radius 3 is 2.41 bits per heavy atom. The highest BCUT2D eigenvalue weighted by Crippen LogP contribution is 2.37. The van der Waals surface area contributed by atoms with Crippen molar-refractivity contribution in [2.45, 2.75) is 66.0 Å². The molecular formula is C27H34ClN3O3. The van der Waals surface area contributed by atoms with Crippen LogP contribution in [0.5, 0.6) is 0 Å². The van der Waals surface area contributed by atoms with Crippen LogP contribution in [0.3, 0.4) is 0 Å². The molecule has 182 valence electrons. The van der Waals surface area contributed by atoms with Crippen LogP contribution in [0.15, 0.2) is 36.4 Å². The molecule has 0 bridgehead atoms. The normalized spacial score (nSPS) is 15.2. The molecule has 2 aromatic carbocycles. The fraction of sp³-hybridized carbons (Fsp3) is 0.444. The predicted octanol–water partition coefficient (Wildman–Crippen LogP) is 5.40. The van der Waals surface area contributed by atoms with E-state index in [0.717, 1.165) is 11.1 Å². The number of hydrogen-bond acceptors (Lipinski definition) is 3. The number of fused-ring (bicyclic) bond motifs is 1. The third-order valence-electron chi connectivity index (χ3n) is 6.11. The van der Waals surface area contributed by atoms with E-state index >= 15 is 0 Å². The summed E-state index contributed by atoms with van der Waals surface area (Å²) in [6.45, 7) is 14.9. The molecule has 0 radical (unpaired) electrons. The topological polar surface area (TPSA) is 78.5 Å². The highest BCUT2D eigenvalue weighted by atomic mass is 35.5. The fourth-order valence-corrected chi connectivity index (χ4v) is 4.28. The Morgan fingerprint density at radius 2 is 1.79 bits per heavy atom. The summed E-state index contributed by atoms with van der Waals surface area (Å²) in [6, 6.07) is 10.6. The number of anilines is 1. The lowest BCUT2D eigenvalue weighted by Crippen LogP contribution is -2.54. The van der Waals surface area contributed by atoms with Crippen LogP contribution in [0.2, 0.25) is 5.02 Å². The first-order valence-electron chi connectivity index (χ1n) is 11.5. The molecule has 0 unspecified atom stereocenters. The van der Waals surface area contributed by atoms with Gasteiger partial charge in [0, 0.05) is 41.2 Å². The highest BCUT2D eigenvalue weighted by molar-refractivity contribution is 6.34. The van der Waals surface area contributed by atoms with Gasteiger partial charge < -0.3 is 15.5 Å². The number of nitrogens with zero attached hydrogens (tertiary/aromatic N) is 1. The van der Waals surface area contributed by atoms with Crippen LogP contribution in [0.1, 0.15) is 80.3 Å².